The standard InChI is InChI=1S/C20H32O3/c1-12(2)15-7-6-13(3)16-11-18(21)19(5)8-9-20(22,23-19)14(4)10-17(15)16/h6,8-9,12,14-18,21-22H,7,10-11H2,1-5H3/t14?,15-,16?,17?,18?,19?,20?/m1/s1. The number of aliphatic hydroxyl groups is 2. The second-order valence-corrected chi connectivity index (χ2v) is 8.62. The molecule has 1 saturated heterocycles. The molecule has 3 rings (SSSR count). The minimum absolute atomic E-state index is 0.0190. The average molecular weight is 320 g/mol. The summed E-state index contributed by atoms with van der Waals surface area (Å²) in [6.07, 6.45) is 8.14. The highest BCUT2D eigenvalue weighted by Gasteiger charge is 2.52. The highest BCUT2D eigenvalue weighted by Crippen LogP contribution is 2.50. The van der Waals surface area contributed by atoms with Gasteiger partial charge in [0.25, 0.3) is 0 Å². The molecule has 1 aliphatic carbocycles. The zero-order valence-corrected chi connectivity index (χ0v) is 15.1. The summed E-state index contributed by atoms with van der Waals surface area (Å²) >= 11 is 0. The lowest BCUT2D eigenvalue weighted by atomic mass is 9.63. The van der Waals surface area contributed by atoms with Gasteiger partial charge in [-0.05, 0) is 68.9 Å². The summed E-state index contributed by atoms with van der Waals surface area (Å²) in [5.74, 6) is 0.858. The van der Waals surface area contributed by atoms with Gasteiger partial charge in [-0.25, -0.2) is 0 Å². The fourth-order valence-corrected chi connectivity index (χ4v) is 4.95. The second-order valence-electron chi connectivity index (χ2n) is 8.62. The lowest BCUT2D eigenvalue weighted by Gasteiger charge is -2.42. The normalized spacial score (nSPS) is 50.1. The van der Waals surface area contributed by atoms with Crippen molar-refractivity contribution in [3.63, 3.8) is 0 Å². The lowest BCUT2D eigenvalue weighted by Crippen LogP contribution is -2.45. The van der Waals surface area contributed by atoms with Crippen LogP contribution in [-0.4, -0.2) is 27.7 Å². The number of rotatable bonds is 1. The van der Waals surface area contributed by atoms with E-state index in [1.165, 1.54) is 5.57 Å². The van der Waals surface area contributed by atoms with Crippen molar-refractivity contribution in [1.82, 2.24) is 0 Å². The molecule has 0 aromatic heterocycles. The number of hydrogen-bond acceptors (Lipinski definition) is 3. The van der Waals surface area contributed by atoms with Crippen molar-refractivity contribution in [3.05, 3.63) is 23.8 Å². The average Bonchev–Trinajstić information content (AvgIpc) is 2.80. The van der Waals surface area contributed by atoms with Crippen LogP contribution in [0, 0.1) is 29.6 Å². The van der Waals surface area contributed by atoms with Crippen molar-refractivity contribution < 1.29 is 14.9 Å². The first-order valence-electron chi connectivity index (χ1n) is 9.14. The summed E-state index contributed by atoms with van der Waals surface area (Å²) in [5.41, 5.74) is 0.610. The number of allylic oxidation sites excluding steroid dienone is 2. The molecule has 3 nitrogen and oxygen atoms in total. The first-order chi connectivity index (χ1) is 10.7. The largest absolute Gasteiger partial charge is 0.390 e. The summed E-state index contributed by atoms with van der Waals surface area (Å²) in [6.45, 7) is 10.8. The maximum absolute atomic E-state index is 10.9. The Bertz CT molecular complexity index is 523. The third-order valence-corrected chi connectivity index (χ3v) is 6.73. The van der Waals surface area contributed by atoms with Crippen molar-refractivity contribution in [2.24, 2.45) is 29.6 Å². The van der Waals surface area contributed by atoms with E-state index in [1.54, 1.807) is 6.08 Å². The van der Waals surface area contributed by atoms with Gasteiger partial charge in [0.15, 0.2) is 5.79 Å². The molecule has 2 bridgehead atoms. The van der Waals surface area contributed by atoms with E-state index in [9.17, 15) is 10.2 Å². The lowest BCUT2D eigenvalue weighted by molar-refractivity contribution is -0.247. The molecule has 3 aliphatic rings. The molecule has 23 heavy (non-hydrogen) atoms. The molecule has 130 valence electrons. The molecule has 2 N–H and O–H groups in total. The van der Waals surface area contributed by atoms with Gasteiger partial charge in [-0.2, -0.15) is 0 Å². The first kappa shape index (κ1) is 17.2. The van der Waals surface area contributed by atoms with Gasteiger partial charge in [-0.3, -0.25) is 0 Å². The van der Waals surface area contributed by atoms with Crippen molar-refractivity contribution in [2.45, 2.75) is 71.4 Å². The SMILES string of the molecule is CC1=CC[C@H](C(C)C)C2CC(C)C3(O)C=CC(C)(O3)C(O)CC12. The summed E-state index contributed by atoms with van der Waals surface area (Å²) in [4.78, 5) is 0. The smallest absolute Gasteiger partial charge is 0.189 e. The topological polar surface area (TPSA) is 49.7 Å². The van der Waals surface area contributed by atoms with E-state index < -0.39 is 17.5 Å². The second kappa shape index (κ2) is 5.72. The molecule has 2 aliphatic heterocycles. The molecular formula is C20H32O3. The third kappa shape index (κ3) is 2.81. The molecule has 0 aromatic rings. The Balaban J connectivity index is 2.01. The molecule has 0 amide bonds. The number of hydrogen-bond donors (Lipinski definition) is 2. The Morgan fingerprint density at radius 1 is 1.26 bits per heavy atom. The van der Waals surface area contributed by atoms with Crippen LogP contribution in [0.15, 0.2) is 23.8 Å². The van der Waals surface area contributed by atoms with Gasteiger partial charge in [0.2, 0.25) is 0 Å². The Labute approximate surface area is 140 Å². The van der Waals surface area contributed by atoms with Crippen molar-refractivity contribution in [3.8, 4) is 0 Å². The van der Waals surface area contributed by atoms with E-state index >= 15 is 0 Å². The Hall–Kier alpha value is -0.640. The van der Waals surface area contributed by atoms with Gasteiger partial charge in [-0.1, -0.05) is 32.4 Å². The van der Waals surface area contributed by atoms with Crippen LogP contribution in [0.1, 0.15) is 53.9 Å². The Kier molecular flexibility index (Phi) is 4.27. The highest BCUT2D eigenvalue weighted by molar-refractivity contribution is 5.21. The van der Waals surface area contributed by atoms with Crippen LogP contribution in [0.4, 0.5) is 0 Å². The van der Waals surface area contributed by atoms with Gasteiger partial charge in [-0.15, -0.1) is 0 Å². The fraction of sp³-hybridized carbons (Fsp3) is 0.800. The summed E-state index contributed by atoms with van der Waals surface area (Å²) in [6, 6.07) is 0. The van der Waals surface area contributed by atoms with E-state index in [2.05, 4.69) is 33.8 Å². The zero-order chi connectivity index (χ0) is 17.0. The monoisotopic (exact) mass is 320 g/mol. The molecule has 2 heterocycles. The van der Waals surface area contributed by atoms with Crippen LogP contribution in [0.3, 0.4) is 0 Å². The molecule has 0 saturated carbocycles. The number of aliphatic hydroxyl groups excluding tert-OH is 1. The van der Waals surface area contributed by atoms with Crippen molar-refractivity contribution in [1.29, 1.82) is 0 Å². The minimum atomic E-state index is -1.25. The summed E-state index contributed by atoms with van der Waals surface area (Å²) in [5, 5.41) is 21.8. The fourth-order valence-electron chi connectivity index (χ4n) is 4.95. The predicted molar refractivity (Wildman–Crippen MR) is 91.7 cm³/mol. The van der Waals surface area contributed by atoms with E-state index in [0.717, 1.165) is 12.8 Å². The molecular weight excluding hydrogens is 288 g/mol. The van der Waals surface area contributed by atoms with Crippen molar-refractivity contribution in [2.75, 3.05) is 0 Å². The quantitative estimate of drug-likeness (QED) is 0.725. The van der Waals surface area contributed by atoms with E-state index in [4.69, 9.17) is 4.74 Å². The zero-order valence-electron chi connectivity index (χ0n) is 15.1. The van der Waals surface area contributed by atoms with Crippen molar-refractivity contribution >= 4 is 0 Å². The predicted octanol–water partition coefficient (Wildman–Crippen LogP) is 3.67. The van der Waals surface area contributed by atoms with Gasteiger partial charge in [0.1, 0.15) is 5.60 Å². The van der Waals surface area contributed by atoms with Crippen LogP contribution in [0.25, 0.3) is 0 Å². The Morgan fingerprint density at radius 3 is 2.61 bits per heavy atom. The maximum Gasteiger partial charge on any atom is 0.189 e. The van der Waals surface area contributed by atoms with E-state index in [0.29, 0.717) is 30.1 Å². The van der Waals surface area contributed by atoms with E-state index in [-0.39, 0.29) is 5.92 Å². The maximum atomic E-state index is 10.9. The molecule has 0 radical (unpaired) electrons. The number of fused-ring (bicyclic) bond motifs is 3. The van der Waals surface area contributed by atoms with Gasteiger partial charge in [0, 0.05) is 5.92 Å². The van der Waals surface area contributed by atoms with Gasteiger partial charge < -0.3 is 14.9 Å². The van der Waals surface area contributed by atoms with Crippen LogP contribution in [0.5, 0.6) is 0 Å². The molecule has 0 aromatic carbocycles. The van der Waals surface area contributed by atoms with Crippen LogP contribution in [0.2, 0.25) is 0 Å². The minimum Gasteiger partial charge on any atom is -0.390 e. The molecule has 6 unspecified atom stereocenters. The van der Waals surface area contributed by atoms with Crippen LogP contribution < -0.4 is 0 Å². The number of ether oxygens (including phenoxy) is 1. The molecule has 3 heteroatoms. The van der Waals surface area contributed by atoms with Crippen LogP contribution in [-0.2, 0) is 4.74 Å². The van der Waals surface area contributed by atoms with Gasteiger partial charge >= 0.3 is 0 Å². The summed E-state index contributed by atoms with van der Waals surface area (Å²) < 4.78 is 5.99. The van der Waals surface area contributed by atoms with Gasteiger partial charge in [0.05, 0.1) is 6.10 Å². The molecule has 0 spiro atoms. The Morgan fingerprint density at radius 2 is 1.96 bits per heavy atom. The van der Waals surface area contributed by atoms with Crippen LogP contribution >= 0.6 is 0 Å². The van der Waals surface area contributed by atoms with E-state index in [1.807, 2.05) is 13.0 Å². The highest BCUT2D eigenvalue weighted by atomic mass is 16.6. The molecule has 7 atom stereocenters. The summed E-state index contributed by atoms with van der Waals surface area (Å²) in [7, 11) is 0. The first-order valence-corrected chi connectivity index (χ1v) is 9.14. The third-order valence-electron chi connectivity index (χ3n) is 6.73. The molecule has 1 fully saturated rings.